The average Bonchev–Trinajstić information content (AvgIpc) is 3.28. The summed E-state index contributed by atoms with van der Waals surface area (Å²) in [5.41, 5.74) is 4.91. The van der Waals surface area contributed by atoms with Crippen molar-refractivity contribution in [2.75, 3.05) is 18.4 Å². The molecule has 1 saturated carbocycles. The Hall–Kier alpha value is -3.26. The van der Waals surface area contributed by atoms with Gasteiger partial charge >= 0.3 is 0 Å². The molecule has 29 heavy (non-hydrogen) atoms. The van der Waals surface area contributed by atoms with Crippen molar-refractivity contribution in [2.45, 2.75) is 18.9 Å². The summed E-state index contributed by atoms with van der Waals surface area (Å²) in [6, 6.07) is 10.5. The van der Waals surface area contributed by atoms with Crippen LogP contribution < -0.4 is 10.6 Å². The lowest BCUT2D eigenvalue weighted by Crippen LogP contribution is -2.63. The summed E-state index contributed by atoms with van der Waals surface area (Å²) < 4.78 is 3.63. The molecule has 1 aliphatic carbocycles. The lowest BCUT2D eigenvalue weighted by molar-refractivity contribution is 0.0469. The van der Waals surface area contributed by atoms with Crippen LogP contribution in [0.4, 0.5) is 5.82 Å². The highest BCUT2D eigenvalue weighted by atomic mass is 15.3. The maximum atomic E-state index is 4.84. The maximum absolute atomic E-state index is 4.84. The molecule has 0 unspecified atom stereocenters. The minimum Gasteiger partial charge on any atom is -0.367 e. The van der Waals surface area contributed by atoms with Crippen LogP contribution in [0.15, 0.2) is 48.9 Å². The Kier molecular flexibility index (Phi) is 3.52. The Morgan fingerprint density at radius 1 is 1.10 bits per heavy atom. The number of hydrogen-bond donors (Lipinski definition) is 2. The van der Waals surface area contributed by atoms with Gasteiger partial charge in [0, 0.05) is 37.9 Å². The van der Waals surface area contributed by atoms with E-state index in [4.69, 9.17) is 10.1 Å². The lowest BCUT2D eigenvalue weighted by Gasteiger charge is -2.54. The minimum atomic E-state index is 0.511. The molecule has 6 rings (SSSR count). The molecule has 1 saturated heterocycles. The summed E-state index contributed by atoms with van der Waals surface area (Å²) in [7, 11) is 1.90. The van der Waals surface area contributed by atoms with E-state index in [1.807, 2.05) is 60.5 Å². The zero-order valence-corrected chi connectivity index (χ0v) is 16.2. The molecule has 2 fully saturated rings. The largest absolute Gasteiger partial charge is 0.367 e. The van der Waals surface area contributed by atoms with Crippen LogP contribution in [0.2, 0.25) is 0 Å². The van der Waals surface area contributed by atoms with E-state index in [0.29, 0.717) is 11.5 Å². The van der Waals surface area contributed by atoms with Crippen molar-refractivity contribution >= 4 is 11.5 Å². The molecule has 8 nitrogen and oxygen atoms in total. The number of nitrogens with one attached hydrogen (secondary N) is 2. The first-order valence-corrected chi connectivity index (χ1v) is 9.96. The highest BCUT2D eigenvalue weighted by Crippen LogP contribution is 2.45. The predicted molar refractivity (Wildman–Crippen MR) is 110 cm³/mol. The molecule has 0 amide bonds. The van der Waals surface area contributed by atoms with Crippen molar-refractivity contribution in [1.82, 2.24) is 34.7 Å². The number of aromatic nitrogens is 6. The van der Waals surface area contributed by atoms with Crippen molar-refractivity contribution in [1.29, 1.82) is 0 Å². The van der Waals surface area contributed by atoms with Crippen LogP contribution in [0, 0.1) is 5.41 Å². The van der Waals surface area contributed by atoms with E-state index in [1.165, 1.54) is 12.8 Å². The molecule has 4 aromatic rings. The van der Waals surface area contributed by atoms with Crippen LogP contribution >= 0.6 is 0 Å². The lowest BCUT2D eigenvalue weighted by atomic mass is 9.62. The van der Waals surface area contributed by atoms with Crippen LogP contribution in [0.1, 0.15) is 12.8 Å². The summed E-state index contributed by atoms with van der Waals surface area (Å²) >= 11 is 0. The number of hydrogen-bond acceptors (Lipinski definition) is 6. The Morgan fingerprint density at radius 2 is 2.00 bits per heavy atom. The zero-order valence-electron chi connectivity index (χ0n) is 16.2. The average molecular weight is 386 g/mol. The monoisotopic (exact) mass is 386 g/mol. The number of aryl methyl sites for hydroxylation is 1. The number of rotatable bonds is 4. The van der Waals surface area contributed by atoms with Crippen molar-refractivity contribution in [3.05, 3.63) is 48.9 Å². The van der Waals surface area contributed by atoms with Gasteiger partial charge in [-0.15, -0.1) is 0 Å². The van der Waals surface area contributed by atoms with Crippen LogP contribution in [0.5, 0.6) is 0 Å². The fraction of sp³-hybridized carbons (Fsp3) is 0.333. The smallest absolute Gasteiger partial charge is 0.154 e. The molecule has 2 N–H and O–H groups in total. The summed E-state index contributed by atoms with van der Waals surface area (Å²) in [6.45, 7) is 2.32. The molecule has 0 atom stereocenters. The van der Waals surface area contributed by atoms with Gasteiger partial charge in [-0.1, -0.05) is 6.07 Å². The van der Waals surface area contributed by atoms with Gasteiger partial charge in [0.1, 0.15) is 11.5 Å². The third-order valence-corrected chi connectivity index (χ3v) is 6.09. The topological polar surface area (TPSA) is 85.0 Å². The molecule has 0 bridgehead atoms. The summed E-state index contributed by atoms with van der Waals surface area (Å²) in [4.78, 5) is 9.34. The third kappa shape index (κ3) is 2.79. The Morgan fingerprint density at radius 3 is 2.76 bits per heavy atom. The fourth-order valence-corrected chi connectivity index (χ4v) is 4.48. The first kappa shape index (κ1) is 16.7. The summed E-state index contributed by atoms with van der Waals surface area (Å²) in [5.74, 6) is 0.910. The molecule has 1 spiro atoms. The Balaban J connectivity index is 1.30. The second-order valence-electron chi connectivity index (χ2n) is 8.30. The van der Waals surface area contributed by atoms with Crippen molar-refractivity contribution in [3.8, 4) is 22.6 Å². The van der Waals surface area contributed by atoms with Crippen molar-refractivity contribution in [3.63, 3.8) is 0 Å². The number of pyridine rings is 1. The van der Waals surface area contributed by atoms with Gasteiger partial charge in [-0.05, 0) is 42.5 Å². The molecule has 5 heterocycles. The van der Waals surface area contributed by atoms with Gasteiger partial charge < -0.3 is 10.6 Å². The number of fused-ring (bicyclic) bond motifs is 1. The highest BCUT2D eigenvalue weighted by molar-refractivity contribution is 5.64. The van der Waals surface area contributed by atoms with E-state index in [-0.39, 0.29) is 0 Å². The zero-order chi connectivity index (χ0) is 19.4. The molecular weight excluding hydrogens is 364 g/mol. The third-order valence-electron chi connectivity index (χ3n) is 6.09. The predicted octanol–water partition coefficient (Wildman–Crippen LogP) is 2.36. The standard InChI is InChI=1S/C21H22N8/c1-28-11-14(9-24-28)16-5-6-20-23-10-18(29(20)27-16)17-3-2-4-19(26-17)25-15-7-21(8-15)12-22-13-21/h2-6,9-11,15,22H,7-8,12-13H2,1H3,(H,25,26). The molecule has 146 valence electrons. The molecule has 8 heteroatoms. The quantitative estimate of drug-likeness (QED) is 0.560. The van der Waals surface area contributed by atoms with E-state index in [1.54, 1.807) is 4.68 Å². The number of imidazole rings is 1. The summed E-state index contributed by atoms with van der Waals surface area (Å²) in [6.07, 6.45) is 8.04. The van der Waals surface area contributed by atoms with Crippen LogP contribution in [-0.2, 0) is 7.05 Å². The van der Waals surface area contributed by atoms with E-state index in [0.717, 1.165) is 47.2 Å². The first-order valence-electron chi connectivity index (χ1n) is 9.96. The first-order chi connectivity index (χ1) is 14.2. The van der Waals surface area contributed by atoms with Gasteiger partial charge in [0.2, 0.25) is 0 Å². The van der Waals surface area contributed by atoms with E-state index in [2.05, 4.69) is 20.7 Å². The second kappa shape index (κ2) is 6.12. The number of anilines is 1. The Labute approximate surface area is 168 Å². The second-order valence-corrected chi connectivity index (χ2v) is 8.30. The minimum absolute atomic E-state index is 0.511. The summed E-state index contributed by atoms with van der Waals surface area (Å²) in [5, 5.41) is 16.0. The van der Waals surface area contributed by atoms with Gasteiger partial charge in [0.25, 0.3) is 0 Å². The van der Waals surface area contributed by atoms with Crippen molar-refractivity contribution < 1.29 is 0 Å². The van der Waals surface area contributed by atoms with Gasteiger partial charge in [-0.25, -0.2) is 14.5 Å². The Bertz CT molecular complexity index is 1190. The molecular formula is C21H22N8. The molecule has 1 aliphatic heterocycles. The normalized spacial score (nSPS) is 18.0. The van der Waals surface area contributed by atoms with E-state index in [9.17, 15) is 0 Å². The van der Waals surface area contributed by atoms with E-state index >= 15 is 0 Å². The van der Waals surface area contributed by atoms with Crippen LogP contribution in [-0.4, -0.2) is 48.5 Å². The van der Waals surface area contributed by atoms with Gasteiger partial charge in [0.15, 0.2) is 5.65 Å². The van der Waals surface area contributed by atoms with E-state index < -0.39 is 0 Å². The van der Waals surface area contributed by atoms with Gasteiger partial charge in [0.05, 0.1) is 23.8 Å². The molecule has 2 aliphatic rings. The highest BCUT2D eigenvalue weighted by Gasteiger charge is 2.48. The van der Waals surface area contributed by atoms with Crippen LogP contribution in [0.3, 0.4) is 0 Å². The molecule has 0 aromatic carbocycles. The maximum Gasteiger partial charge on any atom is 0.154 e. The fourth-order valence-electron chi connectivity index (χ4n) is 4.48. The molecule has 4 aromatic heterocycles. The van der Waals surface area contributed by atoms with Crippen LogP contribution in [0.25, 0.3) is 28.3 Å². The van der Waals surface area contributed by atoms with Gasteiger partial charge in [-0.2, -0.15) is 10.2 Å². The van der Waals surface area contributed by atoms with Gasteiger partial charge in [-0.3, -0.25) is 4.68 Å². The SMILES string of the molecule is Cn1cc(-c2ccc3ncc(-c4cccc(NC5CC6(CNC6)C5)n4)n3n2)cn1. The molecule has 0 radical (unpaired) electrons. The number of nitrogens with zero attached hydrogens (tertiary/aromatic N) is 6. The van der Waals surface area contributed by atoms with Crippen molar-refractivity contribution in [2.24, 2.45) is 12.5 Å².